The van der Waals surface area contributed by atoms with Gasteiger partial charge in [-0.25, -0.2) is 0 Å². The van der Waals surface area contributed by atoms with Gasteiger partial charge in [-0.3, -0.25) is 4.79 Å². The highest BCUT2D eigenvalue weighted by molar-refractivity contribution is 7.91. The molecule has 0 aliphatic carbocycles. The monoisotopic (exact) mass is 268 g/mol. The Labute approximate surface area is 115 Å². The van der Waals surface area contributed by atoms with Crippen LogP contribution in [0.5, 0.6) is 0 Å². The van der Waals surface area contributed by atoms with Crippen molar-refractivity contribution in [2.24, 2.45) is 0 Å². The van der Waals surface area contributed by atoms with Gasteiger partial charge in [0.05, 0.1) is 0 Å². The van der Waals surface area contributed by atoms with Gasteiger partial charge in [0.2, 0.25) is 0 Å². The first kappa shape index (κ1) is 12.2. The quantitative estimate of drug-likeness (QED) is 0.477. The molecule has 1 unspecified atom stereocenters. The molecule has 0 aromatic heterocycles. The van der Waals surface area contributed by atoms with Crippen LogP contribution in [0.1, 0.15) is 21.5 Å². The number of carbonyl (C=O) groups is 1. The molecule has 0 N–H and O–H groups in total. The molecule has 1 heterocycles. The van der Waals surface area contributed by atoms with Crippen LogP contribution < -0.4 is 0 Å². The smallest absolute Gasteiger partial charge is 0.185 e. The van der Waals surface area contributed by atoms with Gasteiger partial charge in [-0.05, 0) is 30.3 Å². The van der Waals surface area contributed by atoms with Crippen molar-refractivity contribution in [3.8, 4) is 0 Å². The van der Waals surface area contributed by atoms with Crippen molar-refractivity contribution in [2.45, 2.75) is 16.2 Å². The van der Waals surface area contributed by atoms with E-state index in [1.165, 1.54) is 6.08 Å². The highest BCUT2D eigenvalue weighted by Gasteiger charge is 2.28. The van der Waals surface area contributed by atoms with Crippen LogP contribution >= 0.6 is 0 Å². The number of hydrogen-bond donors (Lipinski definition) is 0. The molecular weight excluding hydrogens is 256 g/mol. The Morgan fingerprint density at radius 2 is 1.89 bits per heavy atom. The Bertz CT molecular complexity index is 676. The molecule has 0 saturated heterocycles. The average molecular weight is 268 g/mol. The molecule has 2 aromatic rings. The normalized spacial score (nSPS) is 16.4. The average Bonchev–Trinajstić information content (AvgIpc) is 2.46. The lowest BCUT2D eigenvalue weighted by molar-refractivity contribution is 0.104. The van der Waals surface area contributed by atoms with Crippen LogP contribution in [0.4, 0.5) is 0 Å². The molecule has 2 nitrogen and oxygen atoms in total. The largest absolute Gasteiger partial charge is 0.606 e. The molecule has 0 amide bonds. The molecule has 94 valence electrons. The number of benzene rings is 2. The standard InChI is InChI=1S/C16H12O2S/c1-2-14(17)11-7-8-16-13(9-11)10-12-5-3-4-6-15(12)19(16)18/h2-9H,1,10H2. The molecule has 0 radical (unpaired) electrons. The van der Waals surface area contributed by atoms with E-state index < -0.39 is 11.2 Å². The summed E-state index contributed by atoms with van der Waals surface area (Å²) < 4.78 is 12.5. The number of allylic oxidation sites excluding steroid dienone is 1. The maximum absolute atomic E-state index is 12.5. The van der Waals surface area contributed by atoms with Gasteiger partial charge in [-0.2, -0.15) is 0 Å². The van der Waals surface area contributed by atoms with E-state index in [2.05, 4.69) is 6.58 Å². The van der Waals surface area contributed by atoms with Gasteiger partial charge in [-0.1, -0.05) is 24.8 Å². The lowest BCUT2D eigenvalue weighted by Gasteiger charge is -2.21. The first-order valence-corrected chi connectivity index (χ1v) is 7.15. The predicted molar refractivity (Wildman–Crippen MR) is 74.9 cm³/mol. The fraction of sp³-hybridized carbons (Fsp3) is 0.0625. The van der Waals surface area contributed by atoms with Crippen LogP contribution in [0.15, 0.2) is 64.9 Å². The number of ketones is 1. The summed E-state index contributed by atoms with van der Waals surface area (Å²) in [5.41, 5.74) is 2.63. The van der Waals surface area contributed by atoms with Gasteiger partial charge in [0.25, 0.3) is 0 Å². The summed E-state index contributed by atoms with van der Waals surface area (Å²) in [5, 5.41) is 0. The zero-order valence-corrected chi connectivity index (χ0v) is 11.1. The topological polar surface area (TPSA) is 40.1 Å². The minimum absolute atomic E-state index is 0.104. The molecule has 1 aliphatic heterocycles. The maximum Gasteiger partial charge on any atom is 0.185 e. The van der Waals surface area contributed by atoms with E-state index in [0.717, 1.165) is 27.3 Å². The second-order valence-corrected chi connectivity index (χ2v) is 5.86. The number of hydrogen-bond acceptors (Lipinski definition) is 2. The van der Waals surface area contributed by atoms with E-state index >= 15 is 0 Å². The van der Waals surface area contributed by atoms with Gasteiger partial charge in [0, 0.05) is 34.3 Å². The molecule has 2 aromatic carbocycles. The van der Waals surface area contributed by atoms with Crippen LogP contribution in [-0.4, -0.2) is 10.3 Å². The van der Waals surface area contributed by atoms with Crippen molar-refractivity contribution >= 4 is 17.0 Å². The van der Waals surface area contributed by atoms with Crippen molar-refractivity contribution in [3.63, 3.8) is 0 Å². The summed E-state index contributed by atoms with van der Waals surface area (Å²) in [5.74, 6) is -0.104. The molecule has 1 atom stereocenters. The minimum Gasteiger partial charge on any atom is -0.606 e. The summed E-state index contributed by atoms with van der Waals surface area (Å²) in [7, 11) is 0. The minimum atomic E-state index is -1.15. The first-order valence-electron chi connectivity index (χ1n) is 6.00. The molecule has 0 bridgehead atoms. The molecule has 0 spiro atoms. The summed E-state index contributed by atoms with van der Waals surface area (Å²) in [6.45, 7) is 3.49. The number of fused-ring (bicyclic) bond motifs is 2. The van der Waals surface area contributed by atoms with Gasteiger partial charge in [0.1, 0.15) is 0 Å². The van der Waals surface area contributed by atoms with Crippen molar-refractivity contribution in [1.82, 2.24) is 0 Å². The Morgan fingerprint density at radius 3 is 2.68 bits per heavy atom. The maximum atomic E-state index is 12.5. The third kappa shape index (κ3) is 2.01. The third-order valence-electron chi connectivity index (χ3n) is 3.28. The van der Waals surface area contributed by atoms with E-state index in [0.29, 0.717) is 5.56 Å². The van der Waals surface area contributed by atoms with Crippen LogP contribution in [0.3, 0.4) is 0 Å². The Kier molecular flexibility index (Phi) is 3.01. The van der Waals surface area contributed by atoms with Gasteiger partial charge < -0.3 is 4.55 Å². The molecule has 19 heavy (non-hydrogen) atoms. The predicted octanol–water partition coefficient (Wildman–Crippen LogP) is 3.13. The van der Waals surface area contributed by atoms with Gasteiger partial charge >= 0.3 is 0 Å². The second kappa shape index (κ2) is 4.68. The summed E-state index contributed by atoms with van der Waals surface area (Å²) in [6, 6.07) is 13.1. The zero-order valence-electron chi connectivity index (χ0n) is 10.3. The number of carbonyl (C=O) groups excluding carboxylic acids is 1. The highest BCUT2D eigenvalue weighted by Crippen LogP contribution is 2.34. The van der Waals surface area contributed by atoms with Crippen molar-refractivity contribution < 1.29 is 9.35 Å². The molecule has 3 rings (SSSR count). The van der Waals surface area contributed by atoms with Crippen LogP contribution in [0.25, 0.3) is 0 Å². The molecule has 1 aliphatic rings. The zero-order chi connectivity index (χ0) is 13.4. The summed E-state index contributed by atoms with van der Waals surface area (Å²) in [4.78, 5) is 13.3. The Morgan fingerprint density at radius 1 is 1.16 bits per heavy atom. The van der Waals surface area contributed by atoms with Gasteiger partial charge in [0.15, 0.2) is 15.6 Å². The lowest BCUT2D eigenvalue weighted by Crippen LogP contribution is -2.15. The lowest BCUT2D eigenvalue weighted by atomic mass is 10.0. The van der Waals surface area contributed by atoms with Crippen molar-refractivity contribution in [3.05, 3.63) is 71.8 Å². The Balaban J connectivity index is 2.10. The highest BCUT2D eigenvalue weighted by atomic mass is 32.2. The molecule has 3 heteroatoms. The van der Waals surface area contributed by atoms with Crippen LogP contribution in [0.2, 0.25) is 0 Å². The summed E-state index contributed by atoms with van der Waals surface area (Å²) >= 11 is -1.15. The Hall–Kier alpha value is -1.84. The number of rotatable bonds is 2. The third-order valence-corrected chi connectivity index (χ3v) is 4.88. The van der Waals surface area contributed by atoms with E-state index in [1.54, 1.807) is 12.1 Å². The van der Waals surface area contributed by atoms with Crippen molar-refractivity contribution in [1.29, 1.82) is 0 Å². The SMILES string of the molecule is C=CC(=O)c1ccc2c(c1)Cc1ccccc1[S+]2[O-]. The van der Waals surface area contributed by atoms with E-state index in [4.69, 9.17) is 0 Å². The summed E-state index contributed by atoms with van der Waals surface area (Å²) in [6.07, 6.45) is 2.02. The van der Waals surface area contributed by atoms with Crippen LogP contribution in [0, 0.1) is 0 Å². The molecule has 0 fully saturated rings. The molecule has 0 saturated carbocycles. The van der Waals surface area contributed by atoms with Crippen LogP contribution in [-0.2, 0) is 17.6 Å². The fourth-order valence-corrected chi connectivity index (χ4v) is 3.70. The molecular formula is C16H12O2S. The fourth-order valence-electron chi connectivity index (χ4n) is 2.32. The van der Waals surface area contributed by atoms with E-state index in [-0.39, 0.29) is 5.78 Å². The van der Waals surface area contributed by atoms with Gasteiger partial charge in [-0.15, -0.1) is 0 Å². The van der Waals surface area contributed by atoms with Crippen molar-refractivity contribution in [2.75, 3.05) is 0 Å². The van der Waals surface area contributed by atoms with E-state index in [9.17, 15) is 9.35 Å². The van der Waals surface area contributed by atoms with E-state index in [1.807, 2.05) is 30.3 Å². The first-order chi connectivity index (χ1) is 9.20. The second-order valence-electron chi connectivity index (χ2n) is 4.44.